The smallest absolute Gasteiger partial charge is 0.284 e. The molecule has 1 N–H and O–H groups in total. The first-order valence-electron chi connectivity index (χ1n) is 3.59. The van der Waals surface area contributed by atoms with Crippen molar-refractivity contribution >= 4 is 0 Å². The van der Waals surface area contributed by atoms with E-state index < -0.39 is 17.9 Å². The number of hydrogen-bond acceptors (Lipinski definition) is 3. The third kappa shape index (κ3) is 1.85. The Morgan fingerprint density at radius 1 is 1.54 bits per heavy atom. The molecule has 0 spiro atoms. The number of alkyl halides is 2. The van der Waals surface area contributed by atoms with Gasteiger partial charge in [0, 0.05) is 11.8 Å². The number of halogens is 2. The van der Waals surface area contributed by atoms with Gasteiger partial charge in [-0.15, -0.1) is 0 Å². The van der Waals surface area contributed by atoms with Crippen molar-refractivity contribution in [1.82, 2.24) is 4.98 Å². The van der Waals surface area contributed by atoms with E-state index in [4.69, 9.17) is 4.74 Å². The summed E-state index contributed by atoms with van der Waals surface area (Å²) >= 11 is 0. The standard InChI is InChI=1S/C8H9F2NO2/c1-4-3-5(13-2)7(12)6(11-4)8(9)10/h3,8,12H,1-2H3. The van der Waals surface area contributed by atoms with Crippen LogP contribution in [0.2, 0.25) is 0 Å². The summed E-state index contributed by atoms with van der Waals surface area (Å²) in [6.07, 6.45) is -2.80. The average Bonchev–Trinajstić information content (AvgIpc) is 2.08. The Balaban J connectivity index is 3.27. The predicted molar refractivity (Wildman–Crippen MR) is 42.1 cm³/mol. The lowest BCUT2D eigenvalue weighted by Crippen LogP contribution is -1.96. The van der Waals surface area contributed by atoms with Gasteiger partial charge in [-0.25, -0.2) is 13.8 Å². The molecule has 1 heterocycles. The molecule has 0 unspecified atom stereocenters. The Morgan fingerprint density at radius 2 is 2.15 bits per heavy atom. The SMILES string of the molecule is COc1cc(C)nc(C(F)F)c1O. The van der Waals surface area contributed by atoms with E-state index in [1.807, 2.05) is 0 Å². The summed E-state index contributed by atoms with van der Waals surface area (Å²) in [6.45, 7) is 1.55. The van der Waals surface area contributed by atoms with Crippen LogP contribution in [-0.4, -0.2) is 17.2 Å². The molecule has 1 aromatic rings. The fourth-order valence-electron chi connectivity index (χ4n) is 0.967. The van der Waals surface area contributed by atoms with Gasteiger partial charge in [0.05, 0.1) is 7.11 Å². The Bertz CT molecular complexity index is 315. The Hall–Kier alpha value is -1.39. The number of hydrogen-bond donors (Lipinski definition) is 1. The molecule has 0 bridgehead atoms. The molecule has 0 amide bonds. The van der Waals surface area contributed by atoms with Crippen molar-refractivity contribution in [2.75, 3.05) is 7.11 Å². The van der Waals surface area contributed by atoms with Gasteiger partial charge in [0.25, 0.3) is 6.43 Å². The minimum absolute atomic E-state index is 0.0165. The third-order valence-corrected chi connectivity index (χ3v) is 1.54. The molecule has 0 radical (unpaired) electrons. The fraction of sp³-hybridized carbons (Fsp3) is 0.375. The van der Waals surface area contributed by atoms with Crippen LogP contribution in [0.3, 0.4) is 0 Å². The van der Waals surface area contributed by atoms with Crippen LogP contribution in [0.5, 0.6) is 11.5 Å². The highest BCUT2D eigenvalue weighted by molar-refractivity contribution is 5.43. The molecular formula is C8H9F2NO2. The van der Waals surface area contributed by atoms with Crippen LogP contribution in [0, 0.1) is 6.92 Å². The van der Waals surface area contributed by atoms with Crippen LogP contribution in [0.15, 0.2) is 6.07 Å². The largest absolute Gasteiger partial charge is 0.503 e. The lowest BCUT2D eigenvalue weighted by atomic mass is 10.2. The molecule has 0 saturated heterocycles. The molecule has 1 rings (SSSR count). The van der Waals surface area contributed by atoms with E-state index in [0.29, 0.717) is 5.69 Å². The molecule has 13 heavy (non-hydrogen) atoms. The molecular weight excluding hydrogens is 180 g/mol. The number of pyridine rings is 1. The maximum Gasteiger partial charge on any atom is 0.284 e. The van der Waals surface area contributed by atoms with Crippen molar-refractivity contribution in [3.8, 4) is 11.5 Å². The van der Waals surface area contributed by atoms with Crippen molar-refractivity contribution in [1.29, 1.82) is 0 Å². The van der Waals surface area contributed by atoms with Crippen LogP contribution < -0.4 is 4.74 Å². The zero-order chi connectivity index (χ0) is 10.0. The first-order valence-corrected chi connectivity index (χ1v) is 3.59. The number of ether oxygens (including phenoxy) is 1. The molecule has 0 aromatic carbocycles. The van der Waals surface area contributed by atoms with E-state index in [9.17, 15) is 13.9 Å². The van der Waals surface area contributed by atoms with Crippen LogP contribution in [0.4, 0.5) is 8.78 Å². The van der Waals surface area contributed by atoms with Gasteiger partial charge in [0.15, 0.2) is 17.2 Å². The predicted octanol–water partition coefficient (Wildman–Crippen LogP) is 2.04. The van der Waals surface area contributed by atoms with Crippen molar-refractivity contribution < 1.29 is 18.6 Å². The van der Waals surface area contributed by atoms with E-state index in [1.165, 1.54) is 13.2 Å². The zero-order valence-corrected chi connectivity index (χ0v) is 7.21. The Labute approximate surface area is 74.0 Å². The third-order valence-electron chi connectivity index (χ3n) is 1.54. The normalized spacial score (nSPS) is 10.5. The molecule has 0 aliphatic heterocycles. The van der Waals surface area contributed by atoms with Gasteiger partial charge < -0.3 is 9.84 Å². The number of aryl methyl sites for hydroxylation is 1. The van der Waals surface area contributed by atoms with E-state index in [0.717, 1.165) is 0 Å². The molecule has 0 fully saturated rings. The fourth-order valence-corrected chi connectivity index (χ4v) is 0.967. The topological polar surface area (TPSA) is 42.4 Å². The number of aromatic hydroxyl groups is 1. The quantitative estimate of drug-likeness (QED) is 0.774. The summed E-state index contributed by atoms with van der Waals surface area (Å²) < 4.78 is 29.2. The molecule has 0 aliphatic carbocycles. The Morgan fingerprint density at radius 3 is 2.62 bits per heavy atom. The maximum atomic E-state index is 12.2. The van der Waals surface area contributed by atoms with Crippen LogP contribution in [0.25, 0.3) is 0 Å². The lowest BCUT2D eigenvalue weighted by Gasteiger charge is -2.08. The van der Waals surface area contributed by atoms with Crippen molar-refractivity contribution in [3.05, 3.63) is 17.5 Å². The minimum Gasteiger partial charge on any atom is -0.503 e. The van der Waals surface area contributed by atoms with Gasteiger partial charge in [-0.05, 0) is 6.92 Å². The van der Waals surface area contributed by atoms with E-state index in [2.05, 4.69) is 4.98 Å². The molecule has 5 heteroatoms. The van der Waals surface area contributed by atoms with E-state index in [1.54, 1.807) is 6.92 Å². The highest BCUT2D eigenvalue weighted by Gasteiger charge is 2.18. The van der Waals surface area contributed by atoms with Gasteiger partial charge in [0.1, 0.15) is 0 Å². The number of methoxy groups -OCH3 is 1. The van der Waals surface area contributed by atoms with Gasteiger partial charge in [-0.3, -0.25) is 0 Å². The number of aromatic nitrogens is 1. The zero-order valence-electron chi connectivity index (χ0n) is 7.21. The summed E-state index contributed by atoms with van der Waals surface area (Å²) in [5.74, 6) is -0.578. The first-order chi connectivity index (χ1) is 6.06. The molecule has 1 aromatic heterocycles. The second kappa shape index (κ2) is 3.55. The lowest BCUT2D eigenvalue weighted by molar-refractivity contribution is 0.140. The molecule has 72 valence electrons. The van der Waals surface area contributed by atoms with Gasteiger partial charge >= 0.3 is 0 Å². The van der Waals surface area contributed by atoms with E-state index in [-0.39, 0.29) is 5.75 Å². The number of nitrogens with zero attached hydrogens (tertiary/aromatic N) is 1. The van der Waals surface area contributed by atoms with Crippen LogP contribution in [-0.2, 0) is 0 Å². The molecule has 0 saturated carbocycles. The molecule has 0 atom stereocenters. The average molecular weight is 189 g/mol. The van der Waals surface area contributed by atoms with Gasteiger partial charge in [-0.2, -0.15) is 0 Å². The molecule has 0 aliphatic rings. The minimum atomic E-state index is -2.80. The monoisotopic (exact) mass is 189 g/mol. The summed E-state index contributed by atoms with van der Waals surface area (Å²) in [5, 5.41) is 9.22. The molecule has 3 nitrogen and oxygen atoms in total. The van der Waals surface area contributed by atoms with Crippen molar-refractivity contribution in [3.63, 3.8) is 0 Å². The van der Waals surface area contributed by atoms with Crippen LogP contribution in [0.1, 0.15) is 17.8 Å². The highest BCUT2D eigenvalue weighted by atomic mass is 19.3. The maximum absolute atomic E-state index is 12.2. The highest BCUT2D eigenvalue weighted by Crippen LogP contribution is 2.34. The second-order valence-corrected chi connectivity index (χ2v) is 2.50. The summed E-state index contributed by atoms with van der Waals surface area (Å²) in [5.41, 5.74) is -0.262. The van der Waals surface area contributed by atoms with Gasteiger partial charge in [0.2, 0.25) is 0 Å². The summed E-state index contributed by atoms with van der Waals surface area (Å²) in [6, 6.07) is 1.39. The second-order valence-electron chi connectivity index (χ2n) is 2.50. The van der Waals surface area contributed by atoms with Crippen molar-refractivity contribution in [2.45, 2.75) is 13.3 Å². The first kappa shape index (κ1) is 9.70. The number of rotatable bonds is 2. The summed E-state index contributed by atoms with van der Waals surface area (Å²) in [7, 11) is 1.30. The van der Waals surface area contributed by atoms with Crippen LogP contribution >= 0.6 is 0 Å². The van der Waals surface area contributed by atoms with Crippen molar-refractivity contribution in [2.24, 2.45) is 0 Å². The van der Waals surface area contributed by atoms with E-state index >= 15 is 0 Å². The Kier molecular flexibility index (Phi) is 2.65. The van der Waals surface area contributed by atoms with Gasteiger partial charge in [-0.1, -0.05) is 0 Å². The summed E-state index contributed by atoms with van der Waals surface area (Å²) in [4.78, 5) is 3.50.